The Morgan fingerprint density at radius 2 is 1.72 bits per heavy atom. The summed E-state index contributed by atoms with van der Waals surface area (Å²) >= 11 is 0. The number of hydrogen-bond donors (Lipinski definition) is 3. The van der Waals surface area contributed by atoms with Gasteiger partial charge in [-0.2, -0.15) is 0 Å². The lowest BCUT2D eigenvalue weighted by atomic mass is 10.1. The summed E-state index contributed by atoms with van der Waals surface area (Å²) in [6, 6.07) is 7.39. The molecule has 1 aromatic carbocycles. The number of rotatable bonds is 8. The van der Waals surface area contributed by atoms with Crippen LogP contribution in [-0.2, 0) is 22.7 Å². The number of carbonyl (C=O) groups excluding carboxylic acids is 1. The number of imidazole rings is 1. The minimum atomic E-state index is -2.02. The average molecular weight is 349 g/mol. The van der Waals surface area contributed by atoms with E-state index in [0.717, 1.165) is 24.4 Å². The number of carboxylic acids is 1. The Balaban J connectivity index is 2.11. The fourth-order valence-corrected chi connectivity index (χ4v) is 2.58. The van der Waals surface area contributed by atoms with E-state index in [0.29, 0.717) is 6.54 Å². The van der Waals surface area contributed by atoms with Crippen molar-refractivity contribution in [2.75, 3.05) is 6.54 Å². The number of nitrogens with zero attached hydrogens (tertiary/aromatic N) is 2. The molecule has 2 aromatic rings. The van der Waals surface area contributed by atoms with Crippen molar-refractivity contribution in [3.63, 3.8) is 0 Å². The Morgan fingerprint density at radius 3 is 2.24 bits per heavy atom. The van der Waals surface area contributed by atoms with Crippen molar-refractivity contribution in [1.29, 1.82) is 0 Å². The second-order valence-corrected chi connectivity index (χ2v) is 6.18. The van der Waals surface area contributed by atoms with Crippen LogP contribution in [0.15, 0.2) is 29.1 Å². The molecule has 1 aromatic heterocycles. The number of para-hydroxylation sites is 2. The van der Waals surface area contributed by atoms with E-state index in [4.69, 9.17) is 5.11 Å². The molecule has 0 aliphatic heterocycles. The van der Waals surface area contributed by atoms with Crippen LogP contribution in [0, 0.1) is 0 Å². The van der Waals surface area contributed by atoms with Crippen LogP contribution in [-0.4, -0.2) is 43.4 Å². The van der Waals surface area contributed by atoms with Gasteiger partial charge in [0, 0.05) is 19.5 Å². The zero-order chi connectivity index (χ0) is 18.6. The number of carboxylic acid groups (broad SMARTS) is 1. The second kappa shape index (κ2) is 7.52. The third kappa shape index (κ3) is 4.08. The largest absolute Gasteiger partial charge is 0.479 e. The number of carbonyl (C=O) groups is 2. The molecule has 1 heterocycles. The number of amides is 1. The normalized spacial score (nSPS) is 13.6. The van der Waals surface area contributed by atoms with Crippen molar-refractivity contribution < 1.29 is 19.8 Å². The van der Waals surface area contributed by atoms with Gasteiger partial charge < -0.3 is 15.5 Å². The molecule has 3 N–H and O–H groups in total. The minimum Gasteiger partial charge on any atom is -0.479 e. The Hall–Kier alpha value is -2.61. The molecule has 2 rings (SSSR count). The van der Waals surface area contributed by atoms with Crippen molar-refractivity contribution in [1.82, 2.24) is 14.5 Å². The van der Waals surface area contributed by atoms with Crippen molar-refractivity contribution in [2.24, 2.45) is 0 Å². The number of nitrogens with one attached hydrogen (secondary N) is 1. The minimum absolute atomic E-state index is 0.00966. The zero-order valence-corrected chi connectivity index (χ0v) is 14.4. The van der Waals surface area contributed by atoms with Crippen molar-refractivity contribution in [3.8, 4) is 0 Å². The molecule has 0 spiro atoms. The third-order valence-electron chi connectivity index (χ3n) is 4.03. The van der Waals surface area contributed by atoms with Crippen LogP contribution in [0.1, 0.15) is 26.7 Å². The molecular weight excluding hydrogens is 326 g/mol. The Kier molecular flexibility index (Phi) is 5.63. The van der Waals surface area contributed by atoms with Gasteiger partial charge in [0.05, 0.1) is 17.6 Å². The van der Waals surface area contributed by atoms with E-state index in [1.54, 1.807) is 9.13 Å². The van der Waals surface area contributed by atoms with Gasteiger partial charge in [0.15, 0.2) is 5.60 Å². The van der Waals surface area contributed by atoms with E-state index < -0.39 is 24.0 Å². The molecule has 1 unspecified atom stereocenters. The molecule has 8 nitrogen and oxygen atoms in total. The summed E-state index contributed by atoms with van der Waals surface area (Å²) in [4.78, 5) is 35.3. The van der Waals surface area contributed by atoms with E-state index >= 15 is 0 Å². The van der Waals surface area contributed by atoms with Gasteiger partial charge in [-0.25, -0.2) is 9.59 Å². The Bertz CT molecular complexity index is 834. The van der Waals surface area contributed by atoms with E-state index in [1.165, 1.54) is 0 Å². The van der Waals surface area contributed by atoms with E-state index in [2.05, 4.69) is 5.32 Å². The predicted octanol–water partition coefficient (Wildman–Crippen LogP) is 0.555. The highest BCUT2D eigenvalue weighted by Gasteiger charge is 2.30. The summed E-state index contributed by atoms with van der Waals surface area (Å²) in [5.41, 5.74) is -0.618. The summed E-state index contributed by atoms with van der Waals surface area (Å²) in [6.45, 7) is 3.48. The van der Waals surface area contributed by atoms with E-state index in [1.807, 2.05) is 31.2 Å². The molecule has 0 saturated carbocycles. The van der Waals surface area contributed by atoms with Crippen LogP contribution in [0.5, 0.6) is 0 Å². The molecule has 0 radical (unpaired) electrons. The molecule has 136 valence electrons. The number of aryl methyl sites for hydroxylation is 2. The molecule has 0 fully saturated rings. The highest BCUT2D eigenvalue weighted by molar-refractivity contribution is 5.80. The first-order valence-electron chi connectivity index (χ1n) is 8.18. The lowest BCUT2D eigenvalue weighted by Crippen LogP contribution is -2.46. The molecule has 0 saturated heterocycles. The number of aliphatic hydroxyl groups is 1. The molecule has 0 aliphatic rings. The topological polar surface area (TPSA) is 114 Å². The van der Waals surface area contributed by atoms with Crippen LogP contribution >= 0.6 is 0 Å². The number of fused-ring (bicyclic) bond motifs is 1. The summed E-state index contributed by atoms with van der Waals surface area (Å²) in [5.74, 6) is -1.84. The maximum atomic E-state index is 12.6. The zero-order valence-electron chi connectivity index (χ0n) is 14.4. The van der Waals surface area contributed by atoms with Crippen LogP contribution in [0.3, 0.4) is 0 Å². The van der Waals surface area contributed by atoms with Gasteiger partial charge in [0.1, 0.15) is 0 Å². The van der Waals surface area contributed by atoms with Crippen LogP contribution < -0.4 is 11.0 Å². The molecule has 25 heavy (non-hydrogen) atoms. The number of hydrogen-bond acceptors (Lipinski definition) is 4. The Morgan fingerprint density at radius 1 is 1.16 bits per heavy atom. The number of aliphatic carboxylic acids is 1. The molecule has 0 aliphatic carbocycles. The van der Waals surface area contributed by atoms with E-state index in [-0.39, 0.29) is 18.7 Å². The first-order valence-corrected chi connectivity index (χ1v) is 8.18. The molecular formula is C17H23N3O5. The Labute approximate surface area is 144 Å². The van der Waals surface area contributed by atoms with Gasteiger partial charge in [-0.05, 0) is 25.5 Å². The lowest BCUT2D eigenvalue weighted by molar-refractivity contribution is -0.156. The maximum absolute atomic E-state index is 12.6. The summed E-state index contributed by atoms with van der Waals surface area (Å²) in [5, 5.41) is 20.8. The monoisotopic (exact) mass is 349 g/mol. The van der Waals surface area contributed by atoms with Crippen LogP contribution in [0.2, 0.25) is 0 Å². The quantitative estimate of drug-likeness (QED) is 0.644. The van der Waals surface area contributed by atoms with Gasteiger partial charge >= 0.3 is 11.7 Å². The molecule has 1 amide bonds. The predicted molar refractivity (Wildman–Crippen MR) is 92.4 cm³/mol. The van der Waals surface area contributed by atoms with Crippen molar-refractivity contribution in [3.05, 3.63) is 34.7 Å². The fourth-order valence-electron chi connectivity index (χ4n) is 2.58. The lowest BCUT2D eigenvalue weighted by Gasteiger charge is -2.18. The number of aromatic nitrogens is 2. The van der Waals surface area contributed by atoms with Gasteiger partial charge in [-0.3, -0.25) is 13.9 Å². The molecule has 1 atom stereocenters. The van der Waals surface area contributed by atoms with Crippen LogP contribution in [0.4, 0.5) is 0 Å². The van der Waals surface area contributed by atoms with Crippen molar-refractivity contribution in [2.45, 2.75) is 45.4 Å². The van der Waals surface area contributed by atoms with E-state index in [9.17, 15) is 19.5 Å². The summed E-state index contributed by atoms with van der Waals surface area (Å²) < 4.78 is 3.22. The summed E-state index contributed by atoms with van der Waals surface area (Å²) in [7, 11) is 0. The first kappa shape index (κ1) is 18.7. The SMILES string of the molecule is CCCn1c(=O)n(CCC(=O)NCC(C)(O)C(=O)O)c2ccccc21. The highest BCUT2D eigenvalue weighted by atomic mass is 16.4. The summed E-state index contributed by atoms with van der Waals surface area (Å²) in [6.07, 6.45) is 0.828. The number of benzene rings is 1. The van der Waals surface area contributed by atoms with Gasteiger partial charge in [0.2, 0.25) is 5.91 Å². The molecule has 8 heteroatoms. The van der Waals surface area contributed by atoms with Gasteiger partial charge in [-0.15, -0.1) is 0 Å². The standard InChI is InChI=1S/C17H23N3O5/c1-3-9-19-12-6-4-5-7-13(12)20(16(19)24)10-8-14(21)18-11-17(2,25)15(22)23/h4-7,25H,3,8-11H2,1-2H3,(H,18,21)(H,22,23). The third-order valence-corrected chi connectivity index (χ3v) is 4.03. The van der Waals surface area contributed by atoms with Gasteiger partial charge in [0.25, 0.3) is 0 Å². The van der Waals surface area contributed by atoms with Crippen LogP contribution in [0.25, 0.3) is 11.0 Å². The maximum Gasteiger partial charge on any atom is 0.337 e. The first-order chi connectivity index (χ1) is 11.8. The smallest absolute Gasteiger partial charge is 0.337 e. The van der Waals surface area contributed by atoms with Crippen molar-refractivity contribution >= 4 is 22.9 Å². The highest BCUT2D eigenvalue weighted by Crippen LogP contribution is 2.13. The van der Waals surface area contributed by atoms with Gasteiger partial charge in [-0.1, -0.05) is 19.1 Å². The second-order valence-electron chi connectivity index (χ2n) is 6.18. The fraction of sp³-hybridized carbons (Fsp3) is 0.471. The average Bonchev–Trinajstić information content (AvgIpc) is 2.83. The molecule has 0 bridgehead atoms.